The van der Waals surface area contributed by atoms with Crippen LogP contribution in [0, 0.1) is 0 Å². The van der Waals surface area contributed by atoms with Crippen LogP contribution in [-0.2, 0) is 0 Å². The van der Waals surface area contributed by atoms with E-state index in [0.29, 0.717) is 5.57 Å². The lowest BCUT2D eigenvalue weighted by atomic mass is 10.2. The first-order valence-electron chi connectivity index (χ1n) is 2.72. The van der Waals surface area contributed by atoms with Crippen LogP contribution in [0.5, 0.6) is 0 Å². The smallest absolute Gasteiger partial charge is 0.118 e. The van der Waals surface area contributed by atoms with E-state index in [-0.39, 0.29) is 0 Å². The molecule has 0 aliphatic heterocycles. The lowest BCUT2D eigenvalue weighted by Gasteiger charge is -1.92. The van der Waals surface area contributed by atoms with Gasteiger partial charge >= 0.3 is 0 Å². The Morgan fingerprint density at radius 2 is 1.78 bits per heavy atom. The molecule has 0 aromatic carbocycles. The fourth-order valence-electron chi connectivity index (χ4n) is 0.448. The third-order valence-electron chi connectivity index (χ3n) is 0.891. The van der Waals surface area contributed by atoms with Crippen molar-refractivity contribution in [1.29, 1.82) is 0 Å². The Bertz CT molecular complexity index is 163. The van der Waals surface area contributed by atoms with E-state index in [1.807, 2.05) is 6.92 Å². The number of hydrogen-bond acceptors (Lipinski definition) is 0. The van der Waals surface area contributed by atoms with Gasteiger partial charge in [-0.15, -0.1) is 0 Å². The van der Waals surface area contributed by atoms with E-state index in [9.17, 15) is 4.39 Å². The zero-order valence-electron chi connectivity index (χ0n) is 5.87. The van der Waals surface area contributed by atoms with E-state index in [0.717, 1.165) is 5.57 Å². The average molecular weight is 126 g/mol. The lowest BCUT2D eigenvalue weighted by molar-refractivity contribution is 0.656. The number of halogens is 1. The summed E-state index contributed by atoms with van der Waals surface area (Å²) >= 11 is 0. The third kappa shape index (κ3) is 3.71. The van der Waals surface area contributed by atoms with Gasteiger partial charge < -0.3 is 0 Å². The maximum Gasteiger partial charge on any atom is 0.118 e. The molecule has 0 amide bonds. The summed E-state index contributed by atoms with van der Waals surface area (Å²) in [4.78, 5) is 0. The second-order valence-electron chi connectivity index (χ2n) is 2.08. The van der Waals surface area contributed by atoms with Crippen molar-refractivity contribution in [3.8, 4) is 0 Å². The molecule has 0 fully saturated rings. The summed E-state index contributed by atoms with van der Waals surface area (Å²) in [5.41, 5.74) is 1.38. The second kappa shape index (κ2) is 3.23. The quantitative estimate of drug-likeness (QED) is 0.499. The Kier molecular flexibility index (Phi) is 2.93. The fraction of sp³-hybridized carbons (Fsp3) is 0.250. The van der Waals surface area contributed by atoms with Gasteiger partial charge in [0.2, 0.25) is 0 Å². The number of allylic oxidation sites excluding steroid dienone is 4. The normalized spacial score (nSPS) is 11.2. The molecule has 0 spiro atoms. The molecule has 0 rings (SSSR count). The Morgan fingerprint density at radius 1 is 1.33 bits per heavy atom. The number of hydrogen-bond donors (Lipinski definition) is 0. The van der Waals surface area contributed by atoms with Gasteiger partial charge in [-0.1, -0.05) is 24.8 Å². The van der Waals surface area contributed by atoms with E-state index in [1.54, 1.807) is 13.0 Å². The molecule has 50 valence electrons. The van der Waals surface area contributed by atoms with Crippen molar-refractivity contribution in [2.75, 3.05) is 0 Å². The molecule has 0 aliphatic rings. The molecule has 9 heavy (non-hydrogen) atoms. The average Bonchev–Trinajstić information content (AvgIpc) is 1.63. The summed E-state index contributed by atoms with van der Waals surface area (Å²) in [6.07, 6.45) is 1.66. The molecule has 0 aromatic rings. The summed E-state index contributed by atoms with van der Waals surface area (Å²) in [5, 5.41) is 0. The van der Waals surface area contributed by atoms with Crippen LogP contribution < -0.4 is 0 Å². The van der Waals surface area contributed by atoms with Gasteiger partial charge in [-0.25, -0.2) is 4.39 Å². The molecule has 0 N–H and O–H groups in total. The second-order valence-corrected chi connectivity index (χ2v) is 2.08. The van der Waals surface area contributed by atoms with Gasteiger partial charge in [0.15, 0.2) is 0 Å². The van der Waals surface area contributed by atoms with Crippen LogP contribution >= 0.6 is 0 Å². The van der Waals surface area contributed by atoms with Crippen LogP contribution in [0.15, 0.2) is 36.2 Å². The zero-order valence-corrected chi connectivity index (χ0v) is 5.87. The molecule has 0 atom stereocenters. The van der Waals surface area contributed by atoms with Crippen molar-refractivity contribution in [3.63, 3.8) is 0 Å². The van der Waals surface area contributed by atoms with Crippen molar-refractivity contribution in [2.24, 2.45) is 0 Å². The van der Waals surface area contributed by atoms with Gasteiger partial charge in [0, 0.05) is 0 Å². The molecule has 0 nitrogen and oxygen atoms in total. The van der Waals surface area contributed by atoms with Gasteiger partial charge in [0.05, 0.1) is 0 Å². The molecule has 0 radical (unpaired) electrons. The minimum absolute atomic E-state index is 0.391. The maximum atomic E-state index is 12.2. The van der Waals surface area contributed by atoms with Crippen LogP contribution in [0.3, 0.4) is 0 Å². The van der Waals surface area contributed by atoms with Crippen LogP contribution in [-0.4, -0.2) is 0 Å². The monoisotopic (exact) mass is 126 g/mol. The van der Waals surface area contributed by atoms with E-state index in [2.05, 4.69) is 13.2 Å². The fourth-order valence-corrected chi connectivity index (χ4v) is 0.448. The molecule has 0 unspecified atom stereocenters. The molecular weight excluding hydrogens is 115 g/mol. The van der Waals surface area contributed by atoms with Gasteiger partial charge in [-0.3, -0.25) is 0 Å². The van der Waals surface area contributed by atoms with Gasteiger partial charge in [0.25, 0.3) is 0 Å². The van der Waals surface area contributed by atoms with Gasteiger partial charge in [-0.2, -0.15) is 0 Å². The highest BCUT2D eigenvalue weighted by Gasteiger charge is 1.90. The van der Waals surface area contributed by atoms with Gasteiger partial charge in [-0.05, 0) is 19.4 Å². The molecule has 0 heterocycles. The Balaban J connectivity index is 4.17. The summed E-state index contributed by atoms with van der Waals surface area (Å²) < 4.78 is 12.2. The summed E-state index contributed by atoms with van der Waals surface area (Å²) in [6.45, 7) is 10.2. The maximum absolute atomic E-state index is 12.2. The highest BCUT2D eigenvalue weighted by Crippen LogP contribution is 2.09. The Labute approximate surface area is 55.4 Å². The Hall–Kier alpha value is -0.850. The van der Waals surface area contributed by atoms with E-state index in [4.69, 9.17) is 0 Å². The molecule has 0 aromatic heterocycles. The highest BCUT2D eigenvalue weighted by molar-refractivity contribution is 5.27. The van der Waals surface area contributed by atoms with Crippen molar-refractivity contribution < 1.29 is 4.39 Å². The van der Waals surface area contributed by atoms with Gasteiger partial charge in [0.1, 0.15) is 5.83 Å². The van der Waals surface area contributed by atoms with Crippen LogP contribution in [0.1, 0.15) is 13.8 Å². The molecule has 1 heteroatoms. The molecule has 0 aliphatic carbocycles. The minimum atomic E-state index is -0.391. The first-order valence-corrected chi connectivity index (χ1v) is 2.72. The van der Waals surface area contributed by atoms with Crippen molar-refractivity contribution in [1.82, 2.24) is 0 Å². The highest BCUT2D eigenvalue weighted by atomic mass is 19.1. The standard InChI is InChI=1S/C8H11F/c1-6(2)5-7(3)8(4)9/h5H,1,4H2,2-3H3/b7-5-. The van der Waals surface area contributed by atoms with Crippen LogP contribution in [0.2, 0.25) is 0 Å². The summed E-state index contributed by atoms with van der Waals surface area (Å²) in [5.74, 6) is -0.391. The third-order valence-corrected chi connectivity index (χ3v) is 0.891. The Morgan fingerprint density at radius 3 is 1.89 bits per heavy atom. The predicted molar refractivity (Wildman–Crippen MR) is 38.8 cm³/mol. The predicted octanol–water partition coefficient (Wildman–Crippen LogP) is 2.99. The van der Waals surface area contributed by atoms with E-state index in [1.165, 1.54) is 0 Å². The summed E-state index contributed by atoms with van der Waals surface area (Å²) in [7, 11) is 0. The first kappa shape index (κ1) is 8.15. The van der Waals surface area contributed by atoms with E-state index >= 15 is 0 Å². The zero-order chi connectivity index (χ0) is 7.44. The largest absolute Gasteiger partial charge is 0.207 e. The molecule has 0 bridgehead atoms. The van der Waals surface area contributed by atoms with Crippen LogP contribution in [0.25, 0.3) is 0 Å². The molecule has 0 saturated heterocycles. The SMILES string of the molecule is C=C(C)/C=C(/C)C(=C)F. The first-order chi connectivity index (χ1) is 4.04. The summed E-state index contributed by atoms with van der Waals surface area (Å²) in [6, 6.07) is 0. The molecular formula is C8H11F. The molecule has 0 saturated carbocycles. The van der Waals surface area contributed by atoms with Crippen molar-refractivity contribution in [3.05, 3.63) is 36.2 Å². The number of rotatable bonds is 2. The lowest BCUT2D eigenvalue weighted by Crippen LogP contribution is -1.74. The minimum Gasteiger partial charge on any atom is -0.207 e. The van der Waals surface area contributed by atoms with Crippen LogP contribution in [0.4, 0.5) is 4.39 Å². The van der Waals surface area contributed by atoms with Crippen molar-refractivity contribution in [2.45, 2.75) is 13.8 Å². The van der Waals surface area contributed by atoms with E-state index < -0.39 is 5.83 Å². The topological polar surface area (TPSA) is 0 Å². The van der Waals surface area contributed by atoms with Crippen molar-refractivity contribution >= 4 is 0 Å².